The van der Waals surface area contributed by atoms with Crippen molar-refractivity contribution in [1.29, 1.82) is 0 Å². The molecule has 0 radical (unpaired) electrons. The Labute approximate surface area is 157 Å². The highest BCUT2D eigenvalue weighted by atomic mass is 35.5. The minimum absolute atomic E-state index is 0. The summed E-state index contributed by atoms with van der Waals surface area (Å²) in [7, 11) is 1.54. The van der Waals surface area contributed by atoms with Crippen molar-refractivity contribution in [2.45, 2.75) is 38.4 Å². The van der Waals surface area contributed by atoms with Crippen LogP contribution in [0.4, 0.5) is 0 Å². The van der Waals surface area contributed by atoms with E-state index in [1.54, 1.807) is 0 Å². The number of piperidine rings is 1. The number of ether oxygens (including phenoxy) is 1. The van der Waals surface area contributed by atoms with Crippen LogP contribution in [0.25, 0.3) is 0 Å². The van der Waals surface area contributed by atoms with Gasteiger partial charge in [0, 0.05) is 20.2 Å². The van der Waals surface area contributed by atoms with Crippen LogP contribution in [0.5, 0.6) is 0 Å². The third kappa shape index (κ3) is 7.81. The number of carbonyl (C=O) groups excluding carboxylic acids is 1. The Morgan fingerprint density at radius 1 is 1.17 bits per heavy atom. The van der Waals surface area contributed by atoms with E-state index < -0.39 is 6.04 Å². The summed E-state index contributed by atoms with van der Waals surface area (Å²) in [6.45, 7) is 4.16. The maximum Gasteiger partial charge on any atom is 0.239 e. The zero-order chi connectivity index (χ0) is 15.8. The first kappa shape index (κ1) is 23.1. The lowest BCUT2D eigenvalue weighted by atomic mass is 10.1. The highest BCUT2D eigenvalue weighted by molar-refractivity contribution is 5.85. The van der Waals surface area contributed by atoms with Gasteiger partial charge in [-0.05, 0) is 37.1 Å². The molecule has 0 spiro atoms. The van der Waals surface area contributed by atoms with Crippen LogP contribution in [-0.4, -0.2) is 43.7 Å². The van der Waals surface area contributed by atoms with E-state index >= 15 is 0 Å². The third-order valence-electron chi connectivity index (χ3n) is 4.03. The van der Waals surface area contributed by atoms with Crippen LogP contribution in [0.1, 0.15) is 30.4 Å². The van der Waals surface area contributed by atoms with Crippen molar-refractivity contribution < 1.29 is 9.53 Å². The Kier molecular flexibility index (Phi) is 12.1. The van der Waals surface area contributed by atoms with E-state index in [2.05, 4.69) is 34.5 Å². The molecule has 3 N–H and O–H groups in total. The number of likely N-dealkylation sites (tertiary alicyclic amines) is 1. The Balaban J connectivity index is 0.00000264. The second-order valence-corrected chi connectivity index (χ2v) is 5.93. The third-order valence-corrected chi connectivity index (χ3v) is 4.03. The molecule has 1 unspecified atom stereocenters. The minimum atomic E-state index is -0.608. The number of hydrogen-bond acceptors (Lipinski definition) is 4. The molecule has 7 heteroatoms. The van der Waals surface area contributed by atoms with Crippen LogP contribution in [0, 0.1) is 0 Å². The molecule has 1 fully saturated rings. The van der Waals surface area contributed by atoms with Crippen molar-refractivity contribution >= 4 is 30.7 Å². The summed E-state index contributed by atoms with van der Waals surface area (Å²) in [6, 6.07) is 7.82. The van der Waals surface area contributed by atoms with Gasteiger partial charge in [-0.2, -0.15) is 0 Å². The summed E-state index contributed by atoms with van der Waals surface area (Å²) in [5, 5.41) is 2.83. The maximum absolute atomic E-state index is 11.7. The molecule has 2 rings (SSSR count). The first-order chi connectivity index (χ1) is 10.7. The molecule has 1 aromatic carbocycles. The molecule has 1 aliphatic rings. The number of carbonyl (C=O) groups is 1. The Bertz CT molecular complexity index is 465. The summed E-state index contributed by atoms with van der Waals surface area (Å²) in [5.41, 5.74) is 8.09. The standard InChI is InChI=1S/C17H27N3O2.2ClH/c1-22-13-16(18)17(21)19-11-14-5-7-15(8-6-14)12-20-9-3-2-4-10-20;;/h5-8,16H,2-4,9-13,18H2,1H3,(H,19,21);2*1H. The van der Waals surface area contributed by atoms with Gasteiger partial charge in [-0.25, -0.2) is 0 Å². The van der Waals surface area contributed by atoms with Gasteiger partial charge < -0.3 is 15.8 Å². The normalized spacial score (nSPS) is 15.8. The quantitative estimate of drug-likeness (QED) is 0.763. The predicted molar refractivity (Wildman–Crippen MR) is 102 cm³/mol. The van der Waals surface area contributed by atoms with Gasteiger partial charge in [0.2, 0.25) is 5.91 Å². The smallest absolute Gasteiger partial charge is 0.239 e. The van der Waals surface area contributed by atoms with Crippen LogP contribution >= 0.6 is 24.8 Å². The van der Waals surface area contributed by atoms with E-state index in [1.807, 2.05) is 0 Å². The molecule has 1 aliphatic heterocycles. The molecule has 1 saturated heterocycles. The lowest BCUT2D eigenvalue weighted by Crippen LogP contribution is -2.43. The van der Waals surface area contributed by atoms with Gasteiger partial charge in [-0.1, -0.05) is 30.7 Å². The van der Waals surface area contributed by atoms with Crippen molar-refractivity contribution in [2.24, 2.45) is 5.73 Å². The number of nitrogens with one attached hydrogen (secondary N) is 1. The van der Waals surface area contributed by atoms with E-state index in [0.29, 0.717) is 6.54 Å². The molecule has 24 heavy (non-hydrogen) atoms. The van der Waals surface area contributed by atoms with Crippen molar-refractivity contribution in [3.8, 4) is 0 Å². The summed E-state index contributed by atoms with van der Waals surface area (Å²) >= 11 is 0. The van der Waals surface area contributed by atoms with E-state index in [9.17, 15) is 4.79 Å². The molecule has 0 bridgehead atoms. The zero-order valence-electron chi connectivity index (χ0n) is 14.2. The number of nitrogens with two attached hydrogens (primary N) is 1. The van der Waals surface area contributed by atoms with E-state index in [0.717, 1.165) is 12.1 Å². The number of halogens is 2. The molecule has 1 aromatic rings. The summed E-state index contributed by atoms with van der Waals surface area (Å²) < 4.78 is 4.87. The fourth-order valence-electron chi connectivity index (χ4n) is 2.71. The van der Waals surface area contributed by atoms with Crippen LogP contribution < -0.4 is 11.1 Å². The average molecular weight is 378 g/mol. The second-order valence-electron chi connectivity index (χ2n) is 5.93. The lowest BCUT2D eigenvalue weighted by molar-refractivity contribution is -0.123. The average Bonchev–Trinajstić information content (AvgIpc) is 2.55. The summed E-state index contributed by atoms with van der Waals surface area (Å²) in [5.74, 6) is -0.181. The van der Waals surface area contributed by atoms with Crippen LogP contribution in [0.3, 0.4) is 0 Å². The molecule has 0 aromatic heterocycles. The van der Waals surface area contributed by atoms with Gasteiger partial charge in [0.05, 0.1) is 6.61 Å². The second kappa shape index (κ2) is 12.5. The fourth-order valence-corrected chi connectivity index (χ4v) is 2.71. The number of amides is 1. The fraction of sp³-hybridized carbons (Fsp3) is 0.588. The first-order valence-corrected chi connectivity index (χ1v) is 8.01. The maximum atomic E-state index is 11.7. The molecule has 0 aliphatic carbocycles. The Morgan fingerprint density at radius 2 is 1.75 bits per heavy atom. The van der Waals surface area contributed by atoms with Crippen molar-refractivity contribution in [3.63, 3.8) is 0 Å². The highest BCUT2D eigenvalue weighted by Crippen LogP contribution is 2.13. The van der Waals surface area contributed by atoms with E-state index in [-0.39, 0.29) is 37.3 Å². The summed E-state index contributed by atoms with van der Waals surface area (Å²) in [6.07, 6.45) is 3.98. The molecule has 5 nitrogen and oxygen atoms in total. The van der Waals surface area contributed by atoms with Gasteiger partial charge in [0.25, 0.3) is 0 Å². The minimum Gasteiger partial charge on any atom is -0.383 e. The lowest BCUT2D eigenvalue weighted by Gasteiger charge is -2.26. The number of rotatable bonds is 7. The molecule has 1 heterocycles. The molecule has 0 saturated carbocycles. The number of methoxy groups -OCH3 is 1. The SMILES string of the molecule is COCC(N)C(=O)NCc1ccc(CN2CCCCC2)cc1.Cl.Cl. The topological polar surface area (TPSA) is 67.6 Å². The number of hydrogen-bond donors (Lipinski definition) is 2. The highest BCUT2D eigenvalue weighted by Gasteiger charge is 2.12. The van der Waals surface area contributed by atoms with Crippen molar-refractivity contribution in [3.05, 3.63) is 35.4 Å². The van der Waals surface area contributed by atoms with Crippen molar-refractivity contribution in [1.82, 2.24) is 10.2 Å². The number of benzene rings is 1. The molecular formula is C17H29Cl2N3O2. The van der Waals surface area contributed by atoms with Gasteiger partial charge >= 0.3 is 0 Å². The molecular weight excluding hydrogens is 349 g/mol. The van der Waals surface area contributed by atoms with E-state index in [4.69, 9.17) is 10.5 Å². The van der Waals surface area contributed by atoms with Crippen molar-refractivity contribution in [2.75, 3.05) is 26.8 Å². The van der Waals surface area contributed by atoms with Gasteiger partial charge in [-0.3, -0.25) is 9.69 Å². The van der Waals surface area contributed by atoms with Gasteiger partial charge in [-0.15, -0.1) is 24.8 Å². The predicted octanol–water partition coefficient (Wildman–Crippen LogP) is 2.11. The Hall–Kier alpha value is -0.850. The van der Waals surface area contributed by atoms with Gasteiger partial charge in [0.15, 0.2) is 0 Å². The monoisotopic (exact) mass is 377 g/mol. The first-order valence-electron chi connectivity index (χ1n) is 8.01. The number of nitrogens with zero attached hydrogens (tertiary/aromatic N) is 1. The molecule has 138 valence electrons. The van der Waals surface area contributed by atoms with E-state index in [1.165, 1.54) is 45.0 Å². The van der Waals surface area contributed by atoms with Crippen LogP contribution in [-0.2, 0) is 22.6 Å². The molecule has 1 amide bonds. The van der Waals surface area contributed by atoms with Crippen LogP contribution in [0.2, 0.25) is 0 Å². The summed E-state index contributed by atoms with van der Waals surface area (Å²) in [4.78, 5) is 14.2. The largest absolute Gasteiger partial charge is 0.383 e. The molecule has 1 atom stereocenters. The zero-order valence-corrected chi connectivity index (χ0v) is 15.8. The van der Waals surface area contributed by atoms with Crippen LogP contribution in [0.15, 0.2) is 24.3 Å². The van der Waals surface area contributed by atoms with Gasteiger partial charge in [0.1, 0.15) is 6.04 Å². The Morgan fingerprint density at radius 3 is 2.33 bits per heavy atom.